The Kier molecular flexibility index (Phi) is 3.94. The molecule has 106 valence electrons. The zero-order valence-corrected chi connectivity index (χ0v) is 12.1. The molecule has 1 aromatic heterocycles. The first-order valence-electron chi connectivity index (χ1n) is 6.76. The molecule has 1 aromatic rings. The zero-order valence-electron chi connectivity index (χ0n) is 12.1. The highest BCUT2D eigenvalue weighted by molar-refractivity contribution is 5.96. The molecule has 1 unspecified atom stereocenters. The quantitative estimate of drug-likeness (QED) is 0.910. The summed E-state index contributed by atoms with van der Waals surface area (Å²) < 4.78 is 10.7. The topological polar surface area (TPSA) is 64.4 Å². The number of hydrogen-bond acceptors (Lipinski definition) is 4. The fraction of sp³-hybridized carbons (Fsp3) is 0.714. The van der Waals surface area contributed by atoms with E-state index < -0.39 is 0 Å². The highest BCUT2D eigenvalue weighted by Crippen LogP contribution is 2.26. The van der Waals surface area contributed by atoms with Gasteiger partial charge in [0.2, 0.25) is 0 Å². The number of amides is 1. The largest absolute Gasteiger partial charge is 0.376 e. The minimum absolute atomic E-state index is 0.126. The third-order valence-corrected chi connectivity index (χ3v) is 3.31. The Bertz CT molecular complexity index is 454. The van der Waals surface area contributed by atoms with Crippen LogP contribution in [0.15, 0.2) is 4.52 Å². The molecule has 1 fully saturated rings. The van der Waals surface area contributed by atoms with Crippen molar-refractivity contribution in [2.75, 3.05) is 13.2 Å². The van der Waals surface area contributed by atoms with Crippen molar-refractivity contribution in [3.63, 3.8) is 0 Å². The van der Waals surface area contributed by atoms with Crippen molar-refractivity contribution in [2.24, 2.45) is 0 Å². The van der Waals surface area contributed by atoms with Crippen LogP contribution in [0.25, 0.3) is 0 Å². The molecule has 0 aromatic carbocycles. The van der Waals surface area contributed by atoms with Crippen molar-refractivity contribution < 1.29 is 14.1 Å². The van der Waals surface area contributed by atoms with Gasteiger partial charge in [-0.05, 0) is 19.8 Å². The molecule has 2 heterocycles. The summed E-state index contributed by atoms with van der Waals surface area (Å²) in [7, 11) is 0. The van der Waals surface area contributed by atoms with Gasteiger partial charge >= 0.3 is 0 Å². The van der Waals surface area contributed by atoms with Gasteiger partial charge in [-0.1, -0.05) is 25.9 Å². The van der Waals surface area contributed by atoms with Crippen molar-refractivity contribution in [1.29, 1.82) is 0 Å². The molecule has 1 saturated heterocycles. The van der Waals surface area contributed by atoms with Gasteiger partial charge in [-0.15, -0.1) is 0 Å². The van der Waals surface area contributed by atoms with Gasteiger partial charge in [0.05, 0.1) is 6.10 Å². The molecule has 1 atom stereocenters. The average Bonchev–Trinajstić information content (AvgIpc) is 2.93. The van der Waals surface area contributed by atoms with Crippen molar-refractivity contribution >= 4 is 5.91 Å². The molecular weight excluding hydrogens is 244 g/mol. The third-order valence-electron chi connectivity index (χ3n) is 3.31. The Morgan fingerprint density at radius 2 is 2.21 bits per heavy atom. The number of hydrogen-bond donors (Lipinski definition) is 1. The minimum Gasteiger partial charge on any atom is -0.376 e. The van der Waals surface area contributed by atoms with Crippen LogP contribution in [0.4, 0.5) is 0 Å². The standard InChI is InChI=1S/C14H22N2O3/c1-9-11(12(16-19-9)14(2,3)4)13(17)15-8-10-6-5-7-18-10/h10H,5-8H2,1-4H3,(H,15,17). The SMILES string of the molecule is Cc1onc(C(C)(C)C)c1C(=O)NCC1CCCO1. The van der Waals surface area contributed by atoms with Gasteiger partial charge in [-0.25, -0.2) is 0 Å². The van der Waals surface area contributed by atoms with Gasteiger partial charge in [-0.3, -0.25) is 4.79 Å². The second-order valence-electron chi connectivity index (χ2n) is 6.06. The van der Waals surface area contributed by atoms with Gasteiger partial charge in [-0.2, -0.15) is 0 Å². The van der Waals surface area contributed by atoms with Crippen LogP contribution in [-0.4, -0.2) is 30.3 Å². The number of carbonyl (C=O) groups excluding carboxylic acids is 1. The fourth-order valence-electron chi connectivity index (χ4n) is 2.25. The maximum atomic E-state index is 12.3. The van der Waals surface area contributed by atoms with Crippen LogP contribution in [0, 0.1) is 6.92 Å². The lowest BCUT2D eigenvalue weighted by Gasteiger charge is -2.17. The van der Waals surface area contributed by atoms with E-state index in [1.54, 1.807) is 6.92 Å². The summed E-state index contributed by atoms with van der Waals surface area (Å²) in [6.45, 7) is 9.15. The van der Waals surface area contributed by atoms with E-state index in [0.29, 0.717) is 23.6 Å². The average molecular weight is 266 g/mol. The van der Waals surface area contributed by atoms with E-state index >= 15 is 0 Å². The van der Waals surface area contributed by atoms with Crippen LogP contribution < -0.4 is 5.32 Å². The highest BCUT2D eigenvalue weighted by atomic mass is 16.5. The molecule has 5 heteroatoms. The Morgan fingerprint density at radius 1 is 1.47 bits per heavy atom. The first kappa shape index (κ1) is 14.1. The van der Waals surface area contributed by atoms with E-state index in [9.17, 15) is 4.79 Å². The predicted octanol–water partition coefficient (Wildman–Crippen LogP) is 2.19. The summed E-state index contributed by atoms with van der Waals surface area (Å²) in [4.78, 5) is 12.3. The van der Waals surface area contributed by atoms with E-state index in [4.69, 9.17) is 9.26 Å². The number of aromatic nitrogens is 1. The van der Waals surface area contributed by atoms with Crippen molar-refractivity contribution in [1.82, 2.24) is 10.5 Å². The van der Waals surface area contributed by atoms with Gasteiger partial charge in [0.25, 0.3) is 5.91 Å². The highest BCUT2D eigenvalue weighted by Gasteiger charge is 2.29. The van der Waals surface area contributed by atoms with Crippen LogP contribution in [0.1, 0.15) is 55.4 Å². The molecule has 0 saturated carbocycles. The molecule has 0 spiro atoms. The van der Waals surface area contributed by atoms with Crippen LogP contribution in [0.2, 0.25) is 0 Å². The van der Waals surface area contributed by atoms with Gasteiger partial charge in [0.15, 0.2) is 0 Å². The molecular formula is C14H22N2O3. The Hall–Kier alpha value is -1.36. The Morgan fingerprint density at radius 3 is 2.79 bits per heavy atom. The number of nitrogens with one attached hydrogen (secondary N) is 1. The van der Waals surface area contributed by atoms with E-state index in [1.165, 1.54) is 0 Å². The van der Waals surface area contributed by atoms with E-state index in [-0.39, 0.29) is 17.4 Å². The molecule has 1 N–H and O–H groups in total. The van der Waals surface area contributed by atoms with Crippen LogP contribution in [-0.2, 0) is 10.2 Å². The molecule has 1 aliphatic rings. The van der Waals surface area contributed by atoms with Gasteiger partial charge in [0, 0.05) is 18.6 Å². The summed E-state index contributed by atoms with van der Waals surface area (Å²) in [5.41, 5.74) is 1.05. The number of rotatable bonds is 3. The normalized spacial score (nSPS) is 19.7. The lowest BCUT2D eigenvalue weighted by molar-refractivity contribution is 0.0855. The van der Waals surface area contributed by atoms with Crippen molar-refractivity contribution in [2.45, 2.75) is 52.1 Å². The Labute approximate surface area is 113 Å². The summed E-state index contributed by atoms with van der Waals surface area (Å²) in [6, 6.07) is 0. The second-order valence-corrected chi connectivity index (χ2v) is 6.06. The number of ether oxygens (including phenoxy) is 1. The van der Waals surface area contributed by atoms with Crippen molar-refractivity contribution in [3.8, 4) is 0 Å². The zero-order chi connectivity index (χ0) is 14.0. The predicted molar refractivity (Wildman–Crippen MR) is 71.2 cm³/mol. The summed E-state index contributed by atoms with van der Waals surface area (Å²) >= 11 is 0. The number of carbonyl (C=O) groups is 1. The van der Waals surface area contributed by atoms with Gasteiger partial charge in [0.1, 0.15) is 17.0 Å². The third kappa shape index (κ3) is 3.15. The molecule has 2 rings (SSSR count). The van der Waals surface area contributed by atoms with E-state index in [2.05, 4.69) is 10.5 Å². The van der Waals surface area contributed by atoms with Crippen molar-refractivity contribution in [3.05, 3.63) is 17.0 Å². The van der Waals surface area contributed by atoms with Crippen LogP contribution in [0.5, 0.6) is 0 Å². The monoisotopic (exact) mass is 266 g/mol. The second kappa shape index (κ2) is 5.33. The smallest absolute Gasteiger partial charge is 0.256 e. The lowest BCUT2D eigenvalue weighted by atomic mass is 9.88. The van der Waals surface area contributed by atoms with Crippen LogP contribution >= 0.6 is 0 Å². The van der Waals surface area contributed by atoms with E-state index in [1.807, 2.05) is 20.8 Å². The van der Waals surface area contributed by atoms with E-state index in [0.717, 1.165) is 19.4 Å². The molecule has 1 aliphatic heterocycles. The summed E-state index contributed by atoms with van der Waals surface area (Å²) in [5.74, 6) is 0.439. The van der Waals surface area contributed by atoms with Crippen LogP contribution in [0.3, 0.4) is 0 Å². The maximum Gasteiger partial charge on any atom is 0.256 e. The molecule has 0 aliphatic carbocycles. The number of aryl methyl sites for hydroxylation is 1. The number of nitrogens with zero attached hydrogens (tertiary/aromatic N) is 1. The Balaban J connectivity index is 2.08. The molecule has 0 radical (unpaired) electrons. The summed E-state index contributed by atoms with van der Waals surface area (Å²) in [6.07, 6.45) is 2.22. The fourth-order valence-corrected chi connectivity index (χ4v) is 2.25. The molecule has 19 heavy (non-hydrogen) atoms. The first-order chi connectivity index (χ1) is 8.89. The molecule has 1 amide bonds. The first-order valence-corrected chi connectivity index (χ1v) is 6.76. The maximum absolute atomic E-state index is 12.3. The summed E-state index contributed by atoms with van der Waals surface area (Å²) in [5, 5.41) is 6.94. The lowest BCUT2D eigenvalue weighted by Crippen LogP contribution is -2.33. The molecule has 0 bridgehead atoms. The molecule has 5 nitrogen and oxygen atoms in total. The van der Waals surface area contributed by atoms with Gasteiger partial charge < -0.3 is 14.6 Å². The minimum atomic E-state index is -0.214.